The number of imidazole rings is 1. The van der Waals surface area contributed by atoms with E-state index in [4.69, 9.17) is 14.5 Å². The van der Waals surface area contributed by atoms with Crippen molar-refractivity contribution in [3.63, 3.8) is 0 Å². The first-order valence-electron chi connectivity index (χ1n) is 11.8. The van der Waals surface area contributed by atoms with Gasteiger partial charge < -0.3 is 18.9 Å². The van der Waals surface area contributed by atoms with Crippen LogP contribution >= 0.6 is 0 Å². The minimum Gasteiger partial charge on any atom is -0.497 e. The molecule has 0 unspecified atom stereocenters. The minimum atomic E-state index is 0.0478. The number of aromatic nitrogens is 2. The monoisotopic (exact) mass is 455 g/mol. The van der Waals surface area contributed by atoms with Crippen LogP contribution in [0.3, 0.4) is 0 Å². The van der Waals surface area contributed by atoms with Gasteiger partial charge in [-0.25, -0.2) is 4.98 Å². The van der Waals surface area contributed by atoms with E-state index in [1.165, 1.54) is 0 Å². The topological polar surface area (TPSA) is 56.6 Å². The first-order valence-corrected chi connectivity index (χ1v) is 11.8. The van der Waals surface area contributed by atoms with Gasteiger partial charge in [-0.1, -0.05) is 36.4 Å². The molecule has 0 saturated carbocycles. The summed E-state index contributed by atoms with van der Waals surface area (Å²) in [7, 11) is 1.64. The SMILES string of the molecule is COc1cccc(N2C[C@@H](c3nc4ccccc4n3CCCCOc3ccccc3)CC2=O)c1. The number of nitrogens with zero attached hydrogens (tertiary/aromatic N) is 3. The van der Waals surface area contributed by atoms with Crippen molar-refractivity contribution in [1.29, 1.82) is 0 Å². The second-order valence-electron chi connectivity index (χ2n) is 8.59. The number of unbranched alkanes of at least 4 members (excludes halogenated alkanes) is 1. The molecule has 2 heterocycles. The van der Waals surface area contributed by atoms with E-state index in [0.29, 0.717) is 19.6 Å². The quantitative estimate of drug-likeness (QED) is 0.316. The number of hydrogen-bond acceptors (Lipinski definition) is 4. The fraction of sp³-hybridized carbons (Fsp3) is 0.286. The Balaban J connectivity index is 1.31. The maximum absolute atomic E-state index is 13.0. The predicted molar refractivity (Wildman–Crippen MR) is 134 cm³/mol. The molecule has 6 nitrogen and oxygen atoms in total. The standard InChI is InChI=1S/C28H29N3O3/c1-33-24-13-9-10-22(19-24)31-20-21(18-27(31)32)28-29-25-14-5-6-15-26(25)30(28)16-7-8-17-34-23-11-3-2-4-12-23/h2-6,9-15,19,21H,7-8,16-18,20H2,1H3/t21-/m0/s1. The van der Waals surface area contributed by atoms with E-state index >= 15 is 0 Å². The molecular weight excluding hydrogens is 426 g/mol. The highest BCUT2D eigenvalue weighted by Crippen LogP contribution is 2.34. The number of para-hydroxylation sites is 3. The molecule has 4 aromatic rings. The fourth-order valence-electron chi connectivity index (χ4n) is 4.63. The summed E-state index contributed by atoms with van der Waals surface area (Å²) in [6, 6.07) is 25.8. The Kier molecular flexibility index (Phi) is 6.47. The predicted octanol–water partition coefficient (Wildman–Crippen LogP) is 5.42. The second-order valence-corrected chi connectivity index (χ2v) is 8.59. The lowest BCUT2D eigenvalue weighted by Crippen LogP contribution is -2.24. The normalized spacial score (nSPS) is 15.7. The highest BCUT2D eigenvalue weighted by atomic mass is 16.5. The van der Waals surface area contributed by atoms with E-state index < -0.39 is 0 Å². The number of fused-ring (bicyclic) bond motifs is 1. The molecule has 0 aliphatic carbocycles. The Morgan fingerprint density at radius 1 is 0.941 bits per heavy atom. The van der Waals surface area contributed by atoms with Crippen LogP contribution in [0, 0.1) is 0 Å². The Hall–Kier alpha value is -3.80. The van der Waals surface area contributed by atoms with Gasteiger partial charge >= 0.3 is 0 Å². The van der Waals surface area contributed by atoms with Crippen LogP contribution in [0.5, 0.6) is 11.5 Å². The summed E-state index contributed by atoms with van der Waals surface area (Å²) in [5.74, 6) is 2.81. The number of anilines is 1. The average Bonchev–Trinajstić information content (AvgIpc) is 3.45. The Morgan fingerprint density at radius 3 is 2.59 bits per heavy atom. The number of amides is 1. The van der Waals surface area contributed by atoms with E-state index in [0.717, 1.165) is 53.4 Å². The van der Waals surface area contributed by atoms with Crippen molar-refractivity contribution >= 4 is 22.6 Å². The van der Waals surface area contributed by atoms with E-state index in [2.05, 4.69) is 10.6 Å². The maximum Gasteiger partial charge on any atom is 0.227 e. The molecule has 3 aromatic carbocycles. The van der Waals surface area contributed by atoms with Crippen molar-refractivity contribution in [2.75, 3.05) is 25.2 Å². The molecule has 1 aliphatic rings. The lowest BCUT2D eigenvalue weighted by Gasteiger charge is -2.18. The molecule has 0 N–H and O–H groups in total. The number of carbonyl (C=O) groups excluding carboxylic acids is 1. The number of carbonyl (C=O) groups is 1. The molecular formula is C28H29N3O3. The number of benzene rings is 3. The van der Waals surface area contributed by atoms with Gasteiger partial charge in [-0.15, -0.1) is 0 Å². The number of aryl methyl sites for hydroxylation is 1. The Morgan fingerprint density at radius 2 is 1.74 bits per heavy atom. The summed E-state index contributed by atoms with van der Waals surface area (Å²) < 4.78 is 13.5. The van der Waals surface area contributed by atoms with Gasteiger partial charge in [0.25, 0.3) is 0 Å². The highest BCUT2D eigenvalue weighted by molar-refractivity contribution is 5.96. The van der Waals surface area contributed by atoms with Crippen molar-refractivity contribution < 1.29 is 14.3 Å². The van der Waals surface area contributed by atoms with Gasteiger partial charge in [-0.3, -0.25) is 4.79 Å². The summed E-state index contributed by atoms with van der Waals surface area (Å²) >= 11 is 0. The largest absolute Gasteiger partial charge is 0.497 e. The molecule has 1 amide bonds. The van der Waals surface area contributed by atoms with Gasteiger partial charge in [-0.05, 0) is 49.2 Å². The van der Waals surface area contributed by atoms with Gasteiger partial charge in [-0.2, -0.15) is 0 Å². The molecule has 1 fully saturated rings. The third kappa shape index (κ3) is 4.62. The number of hydrogen-bond donors (Lipinski definition) is 0. The molecule has 0 spiro atoms. The van der Waals surface area contributed by atoms with Crippen molar-refractivity contribution in [1.82, 2.24) is 9.55 Å². The fourth-order valence-corrected chi connectivity index (χ4v) is 4.63. The molecule has 174 valence electrons. The van der Waals surface area contributed by atoms with Crippen molar-refractivity contribution in [2.24, 2.45) is 0 Å². The molecule has 1 atom stereocenters. The molecule has 1 aliphatic heterocycles. The average molecular weight is 456 g/mol. The number of ether oxygens (including phenoxy) is 2. The molecule has 34 heavy (non-hydrogen) atoms. The van der Waals surface area contributed by atoms with Crippen LogP contribution in [0.4, 0.5) is 5.69 Å². The zero-order valence-electron chi connectivity index (χ0n) is 19.4. The van der Waals surface area contributed by atoms with Gasteiger partial charge in [0.05, 0.1) is 24.8 Å². The van der Waals surface area contributed by atoms with E-state index in [1.807, 2.05) is 77.7 Å². The molecule has 6 heteroatoms. The van der Waals surface area contributed by atoms with Crippen LogP contribution in [-0.2, 0) is 11.3 Å². The Bertz CT molecular complexity index is 1270. The Labute approximate surface area is 199 Å². The van der Waals surface area contributed by atoms with Crippen molar-refractivity contribution in [2.45, 2.75) is 31.7 Å². The zero-order valence-corrected chi connectivity index (χ0v) is 19.4. The summed E-state index contributed by atoms with van der Waals surface area (Å²) in [4.78, 5) is 19.8. The zero-order chi connectivity index (χ0) is 23.3. The first kappa shape index (κ1) is 22.0. The highest BCUT2D eigenvalue weighted by Gasteiger charge is 2.34. The van der Waals surface area contributed by atoms with Crippen LogP contribution in [0.25, 0.3) is 11.0 Å². The molecule has 5 rings (SSSR count). The lowest BCUT2D eigenvalue weighted by atomic mass is 10.1. The van der Waals surface area contributed by atoms with Gasteiger partial charge in [0, 0.05) is 37.2 Å². The second kappa shape index (κ2) is 10.00. The number of rotatable bonds is 9. The van der Waals surface area contributed by atoms with E-state index in [9.17, 15) is 4.79 Å². The van der Waals surface area contributed by atoms with Crippen LogP contribution in [0.2, 0.25) is 0 Å². The smallest absolute Gasteiger partial charge is 0.227 e. The first-order chi connectivity index (χ1) is 16.7. The van der Waals surface area contributed by atoms with Crippen LogP contribution in [0.15, 0.2) is 78.9 Å². The van der Waals surface area contributed by atoms with Crippen molar-refractivity contribution in [3.8, 4) is 11.5 Å². The van der Waals surface area contributed by atoms with Crippen LogP contribution in [-0.4, -0.2) is 35.7 Å². The molecule has 0 bridgehead atoms. The maximum atomic E-state index is 13.0. The molecule has 1 saturated heterocycles. The summed E-state index contributed by atoms with van der Waals surface area (Å²) in [6.45, 7) is 2.14. The van der Waals surface area contributed by atoms with Crippen LogP contribution in [0.1, 0.15) is 31.0 Å². The molecule has 0 radical (unpaired) electrons. The summed E-state index contributed by atoms with van der Waals surface area (Å²) in [5.41, 5.74) is 2.96. The summed E-state index contributed by atoms with van der Waals surface area (Å²) in [6.07, 6.45) is 2.37. The van der Waals surface area contributed by atoms with Crippen LogP contribution < -0.4 is 14.4 Å². The van der Waals surface area contributed by atoms with E-state index in [-0.39, 0.29) is 11.8 Å². The number of methoxy groups -OCH3 is 1. The van der Waals surface area contributed by atoms with Gasteiger partial charge in [0.2, 0.25) is 5.91 Å². The third-order valence-electron chi connectivity index (χ3n) is 6.33. The third-order valence-corrected chi connectivity index (χ3v) is 6.33. The van der Waals surface area contributed by atoms with Gasteiger partial charge in [0.1, 0.15) is 17.3 Å². The van der Waals surface area contributed by atoms with E-state index in [1.54, 1.807) is 7.11 Å². The molecule has 1 aromatic heterocycles. The lowest BCUT2D eigenvalue weighted by molar-refractivity contribution is -0.117. The van der Waals surface area contributed by atoms with Crippen molar-refractivity contribution in [3.05, 3.63) is 84.7 Å². The minimum absolute atomic E-state index is 0.0478. The summed E-state index contributed by atoms with van der Waals surface area (Å²) in [5, 5.41) is 0. The van der Waals surface area contributed by atoms with Gasteiger partial charge in [0.15, 0.2) is 0 Å².